The number of rotatable bonds is 72. The molecule has 5 atom stereocenters. The topological polar surface area (TPSA) is 237 Å². The Labute approximate surface area is 562 Å². The van der Waals surface area contributed by atoms with Gasteiger partial charge in [0, 0.05) is 25.7 Å². The first-order valence-electron chi connectivity index (χ1n) is 38.0. The molecule has 92 heavy (non-hydrogen) atoms. The molecule has 0 spiro atoms. The second-order valence-corrected chi connectivity index (χ2v) is 30.2. The van der Waals surface area contributed by atoms with E-state index in [9.17, 15) is 43.2 Å². The van der Waals surface area contributed by atoms with Gasteiger partial charge in [-0.25, -0.2) is 9.13 Å². The summed E-state index contributed by atoms with van der Waals surface area (Å²) in [7, 11) is -9.90. The Balaban J connectivity index is 5.16. The minimum absolute atomic E-state index is 0.104. The molecule has 0 rings (SSSR count). The van der Waals surface area contributed by atoms with Crippen molar-refractivity contribution in [1.29, 1.82) is 0 Å². The van der Waals surface area contributed by atoms with Crippen molar-refractivity contribution >= 4 is 39.5 Å². The van der Waals surface area contributed by atoms with Crippen LogP contribution in [0.5, 0.6) is 0 Å². The van der Waals surface area contributed by atoms with Gasteiger partial charge < -0.3 is 33.8 Å². The van der Waals surface area contributed by atoms with E-state index in [-0.39, 0.29) is 25.7 Å². The Morgan fingerprint density at radius 1 is 0.293 bits per heavy atom. The van der Waals surface area contributed by atoms with Crippen LogP contribution in [0.4, 0.5) is 0 Å². The molecule has 0 radical (unpaired) electrons. The standard InChI is InChI=1S/C73H142O17P2/c1-7-9-11-13-15-17-18-19-20-21-22-23-24-25-26-27-28-30-39-45-51-57-72(77)89-68(62-84-71(76)56-50-44-38-33-31-35-41-47-53-65(3)4)63-87-91(79,80)85-59-67(74)60-86-92(81,82)88-64-69(61-83-70(75)55-49-43-37-29-16-14-12-10-8-2)90-73(78)58-52-46-40-34-32-36-42-48-54-66(5)6/h65-69,74H,7-64H2,1-6H3,(H,79,80)(H,81,82)/t67-,68-,69-/m1/s1. The largest absolute Gasteiger partial charge is 0.472 e. The summed E-state index contributed by atoms with van der Waals surface area (Å²) >= 11 is 0. The lowest BCUT2D eigenvalue weighted by atomic mass is 10.0. The van der Waals surface area contributed by atoms with Crippen molar-refractivity contribution in [1.82, 2.24) is 0 Å². The molecule has 0 fully saturated rings. The summed E-state index contributed by atoms with van der Waals surface area (Å²) in [5, 5.41) is 10.6. The zero-order valence-electron chi connectivity index (χ0n) is 59.9. The third-order valence-electron chi connectivity index (χ3n) is 17.0. The van der Waals surface area contributed by atoms with E-state index in [0.717, 1.165) is 102 Å². The van der Waals surface area contributed by atoms with Gasteiger partial charge in [-0.3, -0.25) is 37.3 Å². The van der Waals surface area contributed by atoms with Crippen LogP contribution in [-0.4, -0.2) is 96.7 Å². The number of carbonyl (C=O) groups is 4. The molecule has 2 unspecified atom stereocenters. The second-order valence-electron chi connectivity index (χ2n) is 27.3. The lowest BCUT2D eigenvalue weighted by molar-refractivity contribution is -0.161. The smallest absolute Gasteiger partial charge is 0.462 e. The van der Waals surface area contributed by atoms with Crippen LogP contribution in [0.15, 0.2) is 0 Å². The highest BCUT2D eigenvalue weighted by atomic mass is 31.2. The minimum Gasteiger partial charge on any atom is -0.462 e. The van der Waals surface area contributed by atoms with Crippen LogP contribution >= 0.6 is 15.6 Å². The van der Waals surface area contributed by atoms with Gasteiger partial charge in [0.05, 0.1) is 26.4 Å². The summed E-state index contributed by atoms with van der Waals surface area (Å²) in [6.45, 7) is 9.47. The molecular weight excluding hydrogens is 1210 g/mol. The Morgan fingerprint density at radius 2 is 0.500 bits per heavy atom. The van der Waals surface area contributed by atoms with E-state index in [4.69, 9.17) is 37.0 Å². The van der Waals surface area contributed by atoms with Crippen molar-refractivity contribution in [2.75, 3.05) is 39.6 Å². The number of unbranched alkanes of at least 4 members (excludes halogenated alkanes) is 42. The second kappa shape index (κ2) is 65.0. The van der Waals surface area contributed by atoms with E-state index < -0.39 is 97.5 Å². The summed E-state index contributed by atoms with van der Waals surface area (Å²) < 4.78 is 68.3. The SMILES string of the molecule is CCCCCCCCCCCCCCCCCCCCCCCC(=O)O[C@H](COC(=O)CCCCCCCCCCC(C)C)COP(=O)(O)OC[C@@H](O)COP(=O)(O)OC[C@@H](COC(=O)CCCCCCCCCCC)OC(=O)CCCCCCCCCCC(C)C. The van der Waals surface area contributed by atoms with E-state index in [1.54, 1.807) is 0 Å². The highest BCUT2D eigenvalue weighted by Gasteiger charge is 2.30. The molecule has 0 aromatic rings. The number of aliphatic hydroxyl groups is 1. The maximum atomic E-state index is 13.0. The molecule has 0 saturated carbocycles. The van der Waals surface area contributed by atoms with Gasteiger partial charge in [-0.2, -0.15) is 0 Å². The molecule has 0 amide bonds. The molecule has 17 nitrogen and oxygen atoms in total. The highest BCUT2D eigenvalue weighted by molar-refractivity contribution is 7.47. The number of esters is 4. The van der Waals surface area contributed by atoms with Crippen molar-refractivity contribution in [3.63, 3.8) is 0 Å². The first kappa shape index (κ1) is 90.1. The molecule has 0 aliphatic carbocycles. The van der Waals surface area contributed by atoms with Crippen LogP contribution in [0, 0.1) is 11.8 Å². The van der Waals surface area contributed by atoms with Crippen molar-refractivity contribution in [2.45, 2.75) is 394 Å². The molecule has 0 aliphatic heterocycles. The fourth-order valence-electron chi connectivity index (χ4n) is 11.1. The summed E-state index contributed by atoms with van der Waals surface area (Å²) in [6.07, 6.45) is 51.6. The quantitative estimate of drug-likeness (QED) is 0.0222. The number of hydrogen-bond donors (Lipinski definition) is 3. The zero-order valence-corrected chi connectivity index (χ0v) is 61.6. The lowest BCUT2D eigenvalue weighted by Gasteiger charge is -2.21. The Bertz CT molecular complexity index is 1790. The number of phosphoric ester groups is 2. The lowest BCUT2D eigenvalue weighted by Crippen LogP contribution is -2.30. The zero-order chi connectivity index (χ0) is 67.9. The van der Waals surface area contributed by atoms with Crippen LogP contribution in [-0.2, 0) is 65.4 Å². The maximum absolute atomic E-state index is 13.0. The molecule has 0 heterocycles. The molecule has 0 bridgehead atoms. The predicted octanol–water partition coefficient (Wildman–Crippen LogP) is 21.2. The summed E-state index contributed by atoms with van der Waals surface area (Å²) in [5.41, 5.74) is 0. The number of carbonyl (C=O) groups excluding carboxylic acids is 4. The van der Waals surface area contributed by atoms with Gasteiger partial charge >= 0.3 is 39.5 Å². The Hall–Kier alpha value is -1.94. The van der Waals surface area contributed by atoms with Crippen LogP contribution in [0.2, 0.25) is 0 Å². The molecule has 3 N–H and O–H groups in total. The number of aliphatic hydroxyl groups excluding tert-OH is 1. The van der Waals surface area contributed by atoms with Gasteiger partial charge in [0.1, 0.15) is 19.3 Å². The van der Waals surface area contributed by atoms with Gasteiger partial charge in [0.25, 0.3) is 0 Å². The van der Waals surface area contributed by atoms with Gasteiger partial charge in [0.15, 0.2) is 12.2 Å². The van der Waals surface area contributed by atoms with Crippen molar-refractivity contribution in [3.8, 4) is 0 Å². The van der Waals surface area contributed by atoms with Crippen LogP contribution in [0.3, 0.4) is 0 Å². The van der Waals surface area contributed by atoms with Gasteiger partial charge in [-0.05, 0) is 37.5 Å². The normalized spacial score (nSPS) is 14.1. The molecular formula is C73H142O17P2. The first-order chi connectivity index (χ1) is 44.4. The average molecular weight is 1350 g/mol. The van der Waals surface area contributed by atoms with Crippen molar-refractivity contribution in [2.24, 2.45) is 11.8 Å². The fourth-order valence-corrected chi connectivity index (χ4v) is 12.7. The van der Waals surface area contributed by atoms with E-state index in [1.165, 1.54) is 193 Å². The van der Waals surface area contributed by atoms with E-state index >= 15 is 0 Å². The monoisotopic (exact) mass is 1350 g/mol. The molecule has 0 saturated heterocycles. The first-order valence-corrected chi connectivity index (χ1v) is 41.0. The molecule has 546 valence electrons. The minimum atomic E-state index is -4.95. The summed E-state index contributed by atoms with van der Waals surface area (Å²) in [6, 6.07) is 0. The number of ether oxygens (including phenoxy) is 4. The van der Waals surface area contributed by atoms with E-state index in [1.807, 2.05) is 0 Å². The maximum Gasteiger partial charge on any atom is 0.472 e. The van der Waals surface area contributed by atoms with Crippen molar-refractivity contribution in [3.05, 3.63) is 0 Å². The highest BCUT2D eigenvalue weighted by Crippen LogP contribution is 2.45. The third kappa shape index (κ3) is 66.7. The fraction of sp³-hybridized carbons (Fsp3) is 0.945. The predicted molar refractivity (Wildman–Crippen MR) is 372 cm³/mol. The van der Waals surface area contributed by atoms with Crippen LogP contribution < -0.4 is 0 Å². The Kier molecular flexibility index (Phi) is 63.7. The van der Waals surface area contributed by atoms with Crippen LogP contribution in [0.1, 0.15) is 375 Å². The summed E-state index contributed by atoms with van der Waals surface area (Å²) in [5.74, 6) is -0.681. The van der Waals surface area contributed by atoms with Gasteiger partial charge in [-0.1, -0.05) is 324 Å². The molecule has 0 aliphatic rings. The molecule has 0 aromatic carbocycles. The van der Waals surface area contributed by atoms with Crippen LogP contribution in [0.25, 0.3) is 0 Å². The Morgan fingerprint density at radius 3 is 0.739 bits per heavy atom. The van der Waals surface area contributed by atoms with E-state index in [2.05, 4.69) is 41.5 Å². The number of hydrogen-bond acceptors (Lipinski definition) is 15. The average Bonchev–Trinajstić information content (AvgIpc) is 1.48. The van der Waals surface area contributed by atoms with Crippen molar-refractivity contribution < 1.29 is 80.2 Å². The van der Waals surface area contributed by atoms with Gasteiger partial charge in [0.2, 0.25) is 0 Å². The number of phosphoric acid groups is 2. The third-order valence-corrected chi connectivity index (χ3v) is 18.9. The summed E-state index contributed by atoms with van der Waals surface area (Å²) in [4.78, 5) is 72.5. The molecule has 0 aromatic heterocycles. The van der Waals surface area contributed by atoms with Gasteiger partial charge in [-0.15, -0.1) is 0 Å². The molecule has 19 heteroatoms. The van der Waals surface area contributed by atoms with E-state index in [0.29, 0.717) is 25.7 Å².